The molecule has 0 atom stereocenters. The number of carbonyl (C=O) groups is 1. The number of hydrogen-bond donors (Lipinski definition) is 1. The predicted octanol–water partition coefficient (Wildman–Crippen LogP) is 4.23. The zero-order valence-corrected chi connectivity index (χ0v) is 11.6. The maximum Gasteiger partial charge on any atom is 0.417 e. The molecule has 2 rings (SSSR count). The van der Waals surface area contributed by atoms with Crippen molar-refractivity contribution < 1.29 is 18.0 Å². The Hall–Kier alpha value is -1.82. The highest BCUT2D eigenvalue weighted by Gasteiger charge is 2.33. The minimum absolute atomic E-state index is 0.00352. The van der Waals surface area contributed by atoms with Crippen molar-refractivity contribution >= 4 is 21.8 Å². The van der Waals surface area contributed by atoms with Crippen LogP contribution in [0.25, 0.3) is 11.1 Å². The van der Waals surface area contributed by atoms with E-state index in [4.69, 9.17) is 5.73 Å². The fraction of sp³-hybridized carbons (Fsp3) is 0.0714. The fourth-order valence-electron chi connectivity index (χ4n) is 1.87. The minimum Gasteiger partial charge on any atom is -0.366 e. The van der Waals surface area contributed by atoms with Gasteiger partial charge < -0.3 is 5.73 Å². The van der Waals surface area contributed by atoms with Crippen LogP contribution in [0.3, 0.4) is 0 Å². The molecule has 2 aromatic rings. The van der Waals surface area contributed by atoms with Gasteiger partial charge in [0.2, 0.25) is 5.91 Å². The first kappa shape index (κ1) is 14.6. The van der Waals surface area contributed by atoms with Crippen LogP contribution in [0, 0.1) is 0 Å². The molecule has 0 fully saturated rings. The van der Waals surface area contributed by atoms with Gasteiger partial charge in [0.15, 0.2) is 0 Å². The lowest BCUT2D eigenvalue weighted by Crippen LogP contribution is -2.11. The van der Waals surface area contributed by atoms with Crippen molar-refractivity contribution in [3.05, 3.63) is 58.1 Å². The molecule has 2 N–H and O–H groups in total. The summed E-state index contributed by atoms with van der Waals surface area (Å²) in [7, 11) is 0. The van der Waals surface area contributed by atoms with Crippen LogP contribution in [0.15, 0.2) is 46.9 Å². The van der Waals surface area contributed by atoms with E-state index in [2.05, 4.69) is 15.9 Å². The molecule has 0 unspecified atom stereocenters. The van der Waals surface area contributed by atoms with Crippen LogP contribution >= 0.6 is 15.9 Å². The van der Waals surface area contributed by atoms with E-state index in [1.54, 1.807) is 0 Å². The second-order valence-electron chi connectivity index (χ2n) is 4.14. The number of alkyl halides is 3. The van der Waals surface area contributed by atoms with Gasteiger partial charge in [-0.15, -0.1) is 0 Å². The van der Waals surface area contributed by atoms with E-state index in [9.17, 15) is 18.0 Å². The first-order valence-electron chi connectivity index (χ1n) is 5.56. The smallest absolute Gasteiger partial charge is 0.366 e. The van der Waals surface area contributed by atoms with Gasteiger partial charge in [0.1, 0.15) is 0 Å². The molecule has 0 aliphatic rings. The number of hydrogen-bond acceptors (Lipinski definition) is 1. The monoisotopic (exact) mass is 343 g/mol. The first-order chi connectivity index (χ1) is 9.29. The van der Waals surface area contributed by atoms with Crippen molar-refractivity contribution in [1.29, 1.82) is 0 Å². The SMILES string of the molecule is NC(=O)c1cc(Br)cc(-c2ccccc2C(F)(F)F)c1. The molecule has 1 amide bonds. The lowest BCUT2D eigenvalue weighted by atomic mass is 9.97. The molecule has 0 aromatic heterocycles. The maximum absolute atomic E-state index is 13.0. The quantitative estimate of drug-likeness (QED) is 0.870. The van der Waals surface area contributed by atoms with Crippen LogP contribution in [0.4, 0.5) is 13.2 Å². The third-order valence-corrected chi connectivity index (χ3v) is 3.18. The van der Waals surface area contributed by atoms with Gasteiger partial charge in [0.25, 0.3) is 0 Å². The van der Waals surface area contributed by atoms with Crippen molar-refractivity contribution in [3.8, 4) is 11.1 Å². The summed E-state index contributed by atoms with van der Waals surface area (Å²) in [5.74, 6) is -0.697. The summed E-state index contributed by atoms with van der Waals surface area (Å²) in [6, 6.07) is 9.50. The van der Waals surface area contributed by atoms with Crippen molar-refractivity contribution in [2.75, 3.05) is 0 Å². The highest BCUT2D eigenvalue weighted by Crippen LogP contribution is 2.37. The summed E-state index contributed by atoms with van der Waals surface area (Å²) < 4.78 is 39.5. The summed E-state index contributed by atoms with van der Waals surface area (Å²) in [5.41, 5.74) is 4.84. The van der Waals surface area contributed by atoms with Gasteiger partial charge in [-0.05, 0) is 35.4 Å². The van der Waals surface area contributed by atoms with Gasteiger partial charge in [0, 0.05) is 10.0 Å². The number of carbonyl (C=O) groups excluding carboxylic acids is 1. The molecule has 2 aromatic carbocycles. The van der Waals surface area contributed by atoms with Gasteiger partial charge >= 0.3 is 6.18 Å². The number of primary amides is 1. The normalized spacial score (nSPS) is 11.4. The Balaban J connectivity index is 2.66. The Bertz CT molecular complexity index is 668. The topological polar surface area (TPSA) is 43.1 Å². The predicted molar refractivity (Wildman–Crippen MR) is 73.1 cm³/mol. The summed E-state index contributed by atoms with van der Waals surface area (Å²) in [6.07, 6.45) is -4.47. The number of nitrogens with two attached hydrogens (primary N) is 1. The zero-order chi connectivity index (χ0) is 14.9. The molecule has 104 valence electrons. The molecule has 0 aliphatic heterocycles. The fourth-order valence-corrected chi connectivity index (χ4v) is 2.36. The number of amides is 1. The first-order valence-corrected chi connectivity index (χ1v) is 6.35. The van der Waals surface area contributed by atoms with Crippen LogP contribution in [0.5, 0.6) is 0 Å². The van der Waals surface area contributed by atoms with Crippen molar-refractivity contribution in [2.45, 2.75) is 6.18 Å². The van der Waals surface area contributed by atoms with Crippen molar-refractivity contribution in [1.82, 2.24) is 0 Å². The Kier molecular flexibility index (Phi) is 3.85. The largest absolute Gasteiger partial charge is 0.417 e. The molecule has 0 bridgehead atoms. The summed E-state index contributed by atoms with van der Waals surface area (Å²) in [6.45, 7) is 0. The van der Waals surface area contributed by atoms with Crippen molar-refractivity contribution in [2.24, 2.45) is 5.73 Å². The van der Waals surface area contributed by atoms with Crippen LogP contribution in [0.2, 0.25) is 0 Å². The molecule has 2 nitrogen and oxygen atoms in total. The number of rotatable bonds is 2. The standard InChI is InChI=1S/C14H9BrF3NO/c15-10-6-8(5-9(7-10)13(19)20)11-3-1-2-4-12(11)14(16,17)18/h1-7H,(H2,19,20). The average molecular weight is 344 g/mol. The Morgan fingerprint density at radius 3 is 2.35 bits per heavy atom. The highest BCUT2D eigenvalue weighted by atomic mass is 79.9. The minimum atomic E-state index is -4.47. The molecule has 0 spiro atoms. The summed E-state index contributed by atoms with van der Waals surface area (Å²) >= 11 is 3.16. The zero-order valence-electron chi connectivity index (χ0n) is 10.0. The van der Waals surface area contributed by atoms with Gasteiger partial charge in [-0.3, -0.25) is 4.79 Å². The highest BCUT2D eigenvalue weighted by molar-refractivity contribution is 9.10. The number of benzene rings is 2. The Morgan fingerprint density at radius 2 is 1.75 bits per heavy atom. The van der Waals surface area contributed by atoms with E-state index in [1.807, 2.05) is 0 Å². The second kappa shape index (κ2) is 5.28. The molecule has 0 aliphatic carbocycles. The molecule has 20 heavy (non-hydrogen) atoms. The Morgan fingerprint density at radius 1 is 1.10 bits per heavy atom. The third-order valence-electron chi connectivity index (χ3n) is 2.73. The maximum atomic E-state index is 13.0. The van der Waals surface area contributed by atoms with Gasteiger partial charge in [-0.25, -0.2) is 0 Å². The molecule has 0 saturated heterocycles. The third kappa shape index (κ3) is 3.01. The average Bonchev–Trinajstić information content (AvgIpc) is 2.37. The van der Waals surface area contributed by atoms with E-state index in [1.165, 1.54) is 36.4 Å². The summed E-state index contributed by atoms with van der Waals surface area (Å²) in [4.78, 5) is 11.2. The van der Waals surface area contributed by atoms with Crippen molar-refractivity contribution in [3.63, 3.8) is 0 Å². The van der Waals surface area contributed by atoms with Gasteiger partial charge in [-0.1, -0.05) is 34.1 Å². The van der Waals surface area contributed by atoms with Crippen LogP contribution in [-0.2, 0) is 6.18 Å². The molecule has 0 radical (unpaired) electrons. The molecular formula is C14H9BrF3NO. The van der Waals surface area contributed by atoms with Crippen LogP contribution in [0.1, 0.15) is 15.9 Å². The van der Waals surface area contributed by atoms with E-state index < -0.39 is 17.6 Å². The Labute approximate surface area is 121 Å². The van der Waals surface area contributed by atoms with E-state index >= 15 is 0 Å². The van der Waals surface area contributed by atoms with E-state index in [-0.39, 0.29) is 16.7 Å². The number of halogens is 4. The molecule has 0 saturated carbocycles. The van der Waals surface area contributed by atoms with Gasteiger partial charge in [0.05, 0.1) is 5.56 Å². The van der Waals surface area contributed by atoms with Gasteiger partial charge in [-0.2, -0.15) is 13.2 Å². The lowest BCUT2D eigenvalue weighted by molar-refractivity contribution is -0.137. The molecule has 6 heteroatoms. The second-order valence-corrected chi connectivity index (χ2v) is 5.05. The summed E-state index contributed by atoms with van der Waals surface area (Å²) in [5, 5.41) is 0. The van der Waals surface area contributed by atoms with E-state index in [0.717, 1.165) is 6.07 Å². The van der Waals surface area contributed by atoms with E-state index in [0.29, 0.717) is 4.47 Å². The van der Waals surface area contributed by atoms with Crippen LogP contribution < -0.4 is 5.73 Å². The lowest BCUT2D eigenvalue weighted by Gasteiger charge is -2.13. The molecule has 0 heterocycles. The molecular weight excluding hydrogens is 335 g/mol. The van der Waals surface area contributed by atoms with Crippen LogP contribution in [-0.4, -0.2) is 5.91 Å².